The molecular formula is C28H21BrN2O4. The van der Waals surface area contributed by atoms with Gasteiger partial charge in [-0.1, -0.05) is 64.5 Å². The van der Waals surface area contributed by atoms with E-state index in [1.165, 1.54) is 13.8 Å². The van der Waals surface area contributed by atoms with E-state index in [9.17, 15) is 9.59 Å². The molecule has 6 nitrogen and oxygen atoms in total. The summed E-state index contributed by atoms with van der Waals surface area (Å²) < 4.78 is 12.5. The highest BCUT2D eigenvalue weighted by Gasteiger charge is 2.14. The molecule has 2 amide bonds. The smallest absolute Gasteiger partial charge is 0.221 e. The molecule has 0 atom stereocenters. The Kier molecular flexibility index (Phi) is 6.01. The number of nitrogens with one attached hydrogen (secondary N) is 2. The summed E-state index contributed by atoms with van der Waals surface area (Å²) >= 11 is 3.52. The van der Waals surface area contributed by atoms with Gasteiger partial charge < -0.3 is 19.5 Å². The maximum Gasteiger partial charge on any atom is 0.221 e. The average molecular weight is 529 g/mol. The van der Waals surface area contributed by atoms with Gasteiger partial charge >= 0.3 is 0 Å². The van der Waals surface area contributed by atoms with Gasteiger partial charge in [0.15, 0.2) is 11.2 Å². The van der Waals surface area contributed by atoms with Crippen molar-refractivity contribution in [3.8, 4) is 0 Å². The first-order chi connectivity index (χ1) is 16.9. The number of halogens is 1. The standard InChI is InChI=1S/C14H10BrNO2.C14H11NO2/c1-8(17)16-11-7-6-10(15)13-9-4-2-3-5-12(9)18-14(11)13;1-9(16)15-12-7-4-6-11-10-5-2-3-8-13(10)17-14(11)12/h2-7H,1H3,(H,16,17);2-8H,1H3,(H,15,16). The normalized spacial score (nSPS) is 10.9. The summed E-state index contributed by atoms with van der Waals surface area (Å²) in [6, 6.07) is 25.1. The van der Waals surface area contributed by atoms with Crippen molar-refractivity contribution >= 4 is 83.0 Å². The van der Waals surface area contributed by atoms with Crippen LogP contribution in [0.1, 0.15) is 13.8 Å². The Hall–Kier alpha value is -4.10. The number of para-hydroxylation sites is 3. The molecule has 0 radical (unpaired) electrons. The number of carbonyl (C=O) groups is 2. The highest BCUT2D eigenvalue weighted by molar-refractivity contribution is 9.10. The lowest BCUT2D eigenvalue weighted by molar-refractivity contribution is -0.115. The fraction of sp³-hybridized carbons (Fsp3) is 0.0714. The van der Waals surface area contributed by atoms with Gasteiger partial charge in [-0.05, 0) is 30.3 Å². The van der Waals surface area contributed by atoms with Gasteiger partial charge in [0.25, 0.3) is 0 Å². The minimum atomic E-state index is -0.112. The third-order valence-electron chi connectivity index (χ3n) is 5.50. The molecule has 2 heterocycles. The Bertz CT molecular complexity index is 1730. The van der Waals surface area contributed by atoms with Crippen LogP contribution in [0.3, 0.4) is 0 Å². The van der Waals surface area contributed by atoms with Gasteiger partial charge in [-0.2, -0.15) is 0 Å². The zero-order chi connectivity index (χ0) is 24.5. The molecule has 0 spiro atoms. The van der Waals surface area contributed by atoms with E-state index >= 15 is 0 Å². The highest BCUT2D eigenvalue weighted by Crippen LogP contribution is 2.38. The lowest BCUT2D eigenvalue weighted by Gasteiger charge is -2.03. The van der Waals surface area contributed by atoms with E-state index in [1.807, 2.05) is 78.9 Å². The number of amides is 2. The van der Waals surface area contributed by atoms with Gasteiger partial charge in [0.05, 0.1) is 11.4 Å². The molecule has 35 heavy (non-hydrogen) atoms. The molecule has 0 unspecified atom stereocenters. The van der Waals surface area contributed by atoms with Crippen LogP contribution in [0.2, 0.25) is 0 Å². The monoisotopic (exact) mass is 528 g/mol. The van der Waals surface area contributed by atoms with Crippen LogP contribution in [0.5, 0.6) is 0 Å². The second-order valence-electron chi connectivity index (χ2n) is 8.04. The van der Waals surface area contributed by atoms with E-state index in [0.29, 0.717) is 17.0 Å². The molecule has 0 saturated heterocycles. The second kappa shape index (κ2) is 9.27. The van der Waals surface area contributed by atoms with E-state index < -0.39 is 0 Å². The van der Waals surface area contributed by atoms with Crippen molar-refractivity contribution in [3.63, 3.8) is 0 Å². The quantitative estimate of drug-likeness (QED) is 0.239. The average Bonchev–Trinajstić information content (AvgIpc) is 3.41. The van der Waals surface area contributed by atoms with Gasteiger partial charge in [-0.15, -0.1) is 0 Å². The van der Waals surface area contributed by atoms with Crippen LogP contribution in [-0.4, -0.2) is 11.8 Å². The topological polar surface area (TPSA) is 84.5 Å². The summed E-state index contributed by atoms with van der Waals surface area (Å²) in [7, 11) is 0. The van der Waals surface area contributed by atoms with E-state index in [4.69, 9.17) is 8.83 Å². The van der Waals surface area contributed by atoms with Crippen molar-refractivity contribution in [1.82, 2.24) is 0 Å². The van der Waals surface area contributed by atoms with Crippen molar-refractivity contribution < 1.29 is 18.4 Å². The van der Waals surface area contributed by atoms with Crippen molar-refractivity contribution in [3.05, 3.63) is 83.3 Å². The molecule has 0 aliphatic rings. The summed E-state index contributed by atoms with van der Waals surface area (Å²) in [5, 5.41) is 9.66. The molecule has 7 heteroatoms. The molecule has 6 aromatic rings. The number of hydrogen-bond acceptors (Lipinski definition) is 4. The number of rotatable bonds is 2. The number of carbonyl (C=O) groups excluding carboxylic acids is 2. The molecular weight excluding hydrogens is 508 g/mol. The molecule has 6 rings (SSSR count). The fourth-order valence-corrected chi connectivity index (χ4v) is 4.64. The van der Waals surface area contributed by atoms with Crippen LogP contribution < -0.4 is 10.6 Å². The number of fused-ring (bicyclic) bond motifs is 6. The second-order valence-corrected chi connectivity index (χ2v) is 8.89. The SMILES string of the molecule is CC(=O)Nc1ccc(Br)c2c1oc1ccccc12.CC(=O)Nc1cccc2c1oc1ccccc12. The van der Waals surface area contributed by atoms with Crippen LogP contribution in [0.15, 0.2) is 92.2 Å². The fourth-order valence-electron chi connectivity index (χ4n) is 4.11. The molecule has 2 aromatic heterocycles. The van der Waals surface area contributed by atoms with Crippen LogP contribution in [0, 0.1) is 0 Å². The van der Waals surface area contributed by atoms with E-state index in [0.717, 1.165) is 42.8 Å². The Labute approximate surface area is 209 Å². The highest BCUT2D eigenvalue weighted by atomic mass is 79.9. The van der Waals surface area contributed by atoms with E-state index in [2.05, 4.69) is 26.6 Å². The molecule has 2 N–H and O–H groups in total. The maximum atomic E-state index is 11.2. The third kappa shape index (κ3) is 4.38. The van der Waals surface area contributed by atoms with Crippen LogP contribution in [0.25, 0.3) is 43.9 Å². The molecule has 174 valence electrons. The first kappa shape index (κ1) is 22.7. The zero-order valence-electron chi connectivity index (χ0n) is 19.0. The van der Waals surface area contributed by atoms with Crippen molar-refractivity contribution in [2.24, 2.45) is 0 Å². The lowest BCUT2D eigenvalue weighted by atomic mass is 10.1. The molecule has 4 aromatic carbocycles. The Balaban J connectivity index is 0.000000145. The number of furan rings is 2. The summed E-state index contributed by atoms with van der Waals surface area (Å²) in [6.45, 7) is 2.97. The van der Waals surface area contributed by atoms with Gasteiger partial charge in [0.1, 0.15) is 11.2 Å². The third-order valence-corrected chi connectivity index (χ3v) is 6.16. The van der Waals surface area contributed by atoms with Crippen LogP contribution in [-0.2, 0) is 9.59 Å². The minimum absolute atomic E-state index is 0.0991. The largest absolute Gasteiger partial charge is 0.454 e. The zero-order valence-corrected chi connectivity index (χ0v) is 20.6. The Morgan fingerprint density at radius 3 is 1.86 bits per heavy atom. The molecule has 0 fully saturated rings. The Morgan fingerprint density at radius 2 is 1.17 bits per heavy atom. The summed E-state index contributed by atoms with van der Waals surface area (Å²) in [6.07, 6.45) is 0. The lowest BCUT2D eigenvalue weighted by Crippen LogP contribution is -2.05. The minimum Gasteiger partial charge on any atom is -0.454 e. The summed E-state index contributed by atoms with van der Waals surface area (Å²) in [4.78, 5) is 22.3. The molecule has 0 bridgehead atoms. The molecule has 0 saturated carbocycles. The molecule has 0 aliphatic carbocycles. The summed E-state index contributed by atoms with van der Waals surface area (Å²) in [5.41, 5.74) is 4.47. The summed E-state index contributed by atoms with van der Waals surface area (Å²) in [5.74, 6) is -0.211. The Morgan fingerprint density at radius 1 is 0.629 bits per heavy atom. The first-order valence-corrected chi connectivity index (χ1v) is 11.8. The van der Waals surface area contributed by atoms with Gasteiger partial charge in [0, 0.05) is 39.9 Å². The van der Waals surface area contributed by atoms with Crippen molar-refractivity contribution in [2.45, 2.75) is 13.8 Å². The van der Waals surface area contributed by atoms with Gasteiger partial charge in [0.2, 0.25) is 11.8 Å². The van der Waals surface area contributed by atoms with E-state index in [-0.39, 0.29) is 11.8 Å². The first-order valence-electron chi connectivity index (χ1n) is 11.0. The van der Waals surface area contributed by atoms with Crippen LogP contribution in [0.4, 0.5) is 11.4 Å². The van der Waals surface area contributed by atoms with Gasteiger partial charge in [-0.25, -0.2) is 0 Å². The van der Waals surface area contributed by atoms with Crippen LogP contribution >= 0.6 is 15.9 Å². The molecule has 0 aliphatic heterocycles. The number of benzene rings is 4. The number of hydrogen-bond donors (Lipinski definition) is 2. The van der Waals surface area contributed by atoms with Gasteiger partial charge in [-0.3, -0.25) is 9.59 Å². The predicted octanol–water partition coefficient (Wildman–Crippen LogP) is 7.85. The van der Waals surface area contributed by atoms with Crippen molar-refractivity contribution in [2.75, 3.05) is 10.6 Å². The van der Waals surface area contributed by atoms with Crippen molar-refractivity contribution in [1.29, 1.82) is 0 Å². The van der Waals surface area contributed by atoms with E-state index in [1.54, 1.807) is 0 Å². The number of anilines is 2. The maximum absolute atomic E-state index is 11.2. The predicted molar refractivity (Wildman–Crippen MR) is 144 cm³/mol.